The lowest BCUT2D eigenvalue weighted by molar-refractivity contribution is -0.131. The second kappa shape index (κ2) is 8.33. The summed E-state index contributed by atoms with van der Waals surface area (Å²) in [5.41, 5.74) is 8.72. The zero-order valence-electron chi connectivity index (χ0n) is 15.6. The zero-order chi connectivity index (χ0) is 18.5. The normalized spacial score (nSPS) is 19.5. The van der Waals surface area contributed by atoms with Crippen LogP contribution < -0.4 is 15.6 Å². The Bertz CT molecular complexity index is 728. The fourth-order valence-electron chi connectivity index (χ4n) is 3.27. The number of carbonyl (C=O) groups excluding carboxylic acids is 1. The van der Waals surface area contributed by atoms with Gasteiger partial charge in [0, 0.05) is 32.9 Å². The van der Waals surface area contributed by atoms with Crippen molar-refractivity contribution in [3.05, 3.63) is 47.8 Å². The lowest BCUT2D eigenvalue weighted by Crippen LogP contribution is -2.44. The maximum atomic E-state index is 12.7. The number of aromatic nitrogens is 2. The lowest BCUT2D eigenvalue weighted by Gasteiger charge is -2.20. The fourth-order valence-corrected chi connectivity index (χ4v) is 3.27. The Morgan fingerprint density at radius 1 is 1.35 bits per heavy atom. The molecular weight excluding hydrogens is 330 g/mol. The first-order chi connectivity index (χ1) is 12.6. The molecule has 2 heterocycles. The molecule has 1 fully saturated rings. The Labute approximate surface area is 154 Å². The van der Waals surface area contributed by atoms with Crippen molar-refractivity contribution in [1.29, 1.82) is 0 Å². The van der Waals surface area contributed by atoms with Crippen molar-refractivity contribution in [2.45, 2.75) is 31.3 Å². The molecule has 0 aliphatic carbocycles. The molecule has 2 atom stereocenters. The number of hydrazine groups is 1. The third-order valence-corrected chi connectivity index (χ3v) is 4.81. The summed E-state index contributed by atoms with van der Waals surface area (Å²) in [6, 6.07) is 7.86. The van der Waals surface area contributed by atoms with Crippen molar-refractivity contribution < 1.29 is 9.53 Å². The summed E-state index contributed by atoms with van der Waals surface area (Å²) >= 11 is 0. The molecule has 7 heteroatoms. The molecule has 1 aromatic heterocycles. The summed E-state index contributed by atoms with van der Waals surface area (Å²) in [6.45, 7) is 0.735. The van der Waals surface area contributed by atoms with Gasteiger partial charge in [-0.2, -0.15) is 5.10 Å². The first-order valence-corrected chi connectivity index (χ1v) is 8.94. The van der Waals surface area contributed by atoms with Gasteiger partial charge in [-0.25, -0.2) is 10.9 Å². The van der Waals surface area contributed by atoms with E-state index < -0.39 is 0 Å². The number of aryl methyl sites for hydroxylation is 2. The van der Waals surface area contributed by atoms with Crippen molar-refractivity contribution in [3.8, 4) is 5.75 Å². The van der Waals surface area contributed by atoms with E-state index in [0.717, 1.165) is 37.1 Å². The number of rotatable bonds is 7. The topological polar surface area (TPSA) is 71.4 Å². The first-order valence-electron chi connectivity index (χ1n) is 8.94. The third kappa shape index (κ3) is 4.42. The van der Waals surface area contributed by atoms with Crippen LogP contribution in [0.1, 0.15) is 30.0 Å². The SMILES string of the molecule is COc1ccc(C2CC(C(=O)N(C)CCCc3cnn(C)c3)NN2)cc1. The van der Waals surface area contributed by atoms with Gasteiger partial charge in [0.15, 0.2) is 0 Å². The molecule has 1 aliphatic heterocycles. The van der Waals surface area contributed by atoms with Gasteiger partial charge >= 0.3 is 0 Å². The van der Waals surface area contributed by atoms with E-state index in [2.05, 4.69) is 16.0 Å². The van der Waals surface area contributed by atoms with E-state index >= 15 is 0 Å². The average molecular weight is 357 g/mol. The average Bonchev–Trinajstić information content (AvgIpc) is 3.30. The highest BCUT2D eigenvalue weighted by Crippen LogP contribution is 2.24. The van der Waals surface area contributed by atoms with Crippen LogP contribution in [0.4, 0.5) is 0 Å². The second-order valence-electron chi connectivity index (χ2n) is 6.79. The highest BCUT2D eigenvalue weighted by molar-refractivity contribution is 5.82. The summed E-state index contributed by atoms with van der Waals surface area (Å²) in [5.74, 6) is 0.959. The maximum Gasteiger partial charge on any atom is 0.240 e. The van der Waals surface area contributed by atoms with E-state index in [0.29, 0.717) is 0 Å². The molecule has 2 unspecified atom stereocenters. The van der Waals surface area contributed by atoms with Gasteiger partial charge in [0.2, 0.25) is 5.91 Å². The molecule has 1 amide bonds. The van der Waals surface area contributed by atoms with Gasteiger partial charge in [-0.15, -0.1) is 0 Å². The van der Waals surface area contributed by atoms with E-state index in [1.54, 1.807) is 11.8 Å². The molecule has 26 heavy (non-hydrogen) atoms. The minimum absolute atomic E-state index is 0.124. The second-order valence-corrected chi connectivity index (χ2v) is 6.79. The third-order valence-electron chi connectivity index (χ3n) is 4.81. The van der Waals surface area contributed by atoms with Gasteiger partial charge in [-0.3, -0.25) is 9.48 Å². The Hall–Kier alpha value is -2.38. The van der Waals surface area contributed by atoms with E-state index in [1.165, 1.54) is 5.56 Å². The smallest absolute Gasteiger partial charge is 0.240 e. The number of carbonyl (C=O) groups is 1. The van der Waals surface area contributed by atoms with Gasteiger partial charge in [-0.1, -0.05) is 12.1 Å². The van der Waals surface area contributed by atoms with Crippen molar-refractivity contribution in [2.75, 3.05) is 20.7 Å². The molecule has 0 radical (unpaired) electrons. The van der Waals surface area contributed by atoms with Crippen molar-refractivity contribution in [1.82, 2.24) is 25.5 Å². The molecule has 0 bridgehead atoms. The van der Waals surface area contributed by atoms with Crippen LogP contribution in [0.15, 0.2) is 36.7 Å². The molecule has 1 saturated heterocycles. The molecule has 0 saturated carbocycles. The first kappa shape index (κ1) is 18.4. The number of nitrogens with one attached hydrogen (secondary N) is 2. The number of benzene rings is 1. The zero-order valence-corrected chi connectivity index (χ0v) is 15.6. The van der Waals surface area contributed by atoms with E-state index in [9.17, 15) is 4.79 Å². The number of hydrogen-bond donors (Lipinski definition) is 2. The van der Waals surface area contributed by atoms with Gasteiger partial charge in [0.25, 0.3) is 0 Å². The molecule has 0 spiro atoms. The number of methoxy groups -OCH3 is 1. The molecule has 1 aliphatic rings. The molecule has 7 nitrogen and oxygen atoms in total. The number of hydrogen-bond acceptors (Lipinski definition) is 5. The molecule has 2 aromatic rings. The minimum atomic E-state index is -0.203. The van der Waals surface area contributed by atoms with Gasteiger partial charge in [-0.05, 0) is 42.5 Å². The molecular formula is C19H27N5O2. The molecule has 140 valence electrons. The Balaban J connectivity index is 1.46. The van der Waals surface area contributed by atoms with Crippen LogP contribution in [0.2, 0.25) is 0 Å². The highest BCUT2D eigenvalue weighted by Gasteiger charge is 2.31. The fraction of sp³-hybridized carbons (Fsp3) is 0.474. The van der Waals surface area contributed by atoms with Gasteiger partial charge in [0.05, 0.1) is 13.3 Å². The van der Waals surface area contributed by atoms with E-state index in [-0.39, 0.29) is 18.0 Å². The van der Waals surface area contributed by atoms with Crippen molar-refractivity contribution >= 4 is 5.91 Å². The monoisotopic (exact) mass is 357 g/mol. The maximum absolute atomic E-state index is 12.7. The van der Waals surface area contributed by atoms with Crippen molar-refractivity contribution in [2.24, 2.45) is 7.05 Å². The predicted molar refractivity (Wildman–Crippen MR) is 99.6 cm³/mol. The van der Waals surface area contributed by atoms with Crippen LogP contribution in [-0.2, 0) is 18.3 Å². The van der Waals surface area contributed by atoms with Crippen LogP contribution in [0, 0.1) is 0 Å². The van der Waals surface area contributed by atoms with Crippen LogP contribution in [0.5, 0.6) is 5.75 Å². The van der Waals surface area contributed by atoms with E-state index in [1.807, 2.05) is 55.7 Å². The Kier molecular flexibility index (Phi) is 5.90. The minimum Gasteiger partial charge on any atom is -0.497 e. The molecule has 3 rings (SSSR count). The Morgan fingerprint density at radius 2 is 2.12 bits per heavy atom. The summed E-state index contributed by atoms with van der Waals surface area (Å²) in [5, 5.41) is 4.17. The number of ether oxygens (including phenoxy) is 1. The summed E-state index contributed by atoms with van der Waals surface area (Å²) < 4.78 is 6.99. The van der Waals surface area contributed by atoms with Crippen LogP contribution in [0.25, 0.3) is 0 Å². The predicted octanol–water partition coefficient (Wildman–Crippen LogP) is 1.43. The number of nitrogens with zero attached hydrogens (tertiary/aromatic N) is 3. The number of likely N-dealkylation sites (N-methyl/N-ethyl adjacent to an activating group) is 1. The molecule has 2 N–H and O–H groups in total. The quantitative estimate of drug-likeness (QED) is 0.784. The van der Waals surface area contributed by atoms with E-state index in [4.69, 9.17) is 4.74 Å². The van der Waals surface area contributed by atoms with Crippen LogP contribution >= 0.6 is 0 Å². The van der Waals surface area contributed by atoms with Crippen LogP contribution in [0.3, 0.4) is 0 Å². The van der Waals surface area contributed by atoms with Gasteiger partial charge in [0.1, 0.15) is 11.8 Å². The van der Waals surface area contributed by atoms with Gasteiger partial charge < -0.3 is 9.64 Å². The molecule has 1 aromatic carbocycles. The number of amides is 1. The highest BCUT2D eigenvalue weighted by atomic mass is 16.5. The standard InChI is InChI=1S/C19H27N5O2/c1-23(10-4-5-14-12-20-24(2)13-14)19(25)18-11-17(21-22-18)15-6-8-16(26-3)9-7-15/h6-9,12-13,17-18,21-22H,4-5,10-11H2,1-3H3. The largest absolute Gasteiger partial charge is 0.497 e. The summed E-state index contributed by atoms with van der Waals surface area (Å²) in [6.07, 6.45) is 6.48. The van der Waals surface area contributed by atoms with Crippen LogP contribution in [-0.4, -0.2) is 47.3 Å². The Morgan fingerprint density at radius 3 is 2.77 bits per heavy atom. The van der Waals surface area contributed by atoms with Crippen molar-refractivity contribution in [3.63, 3.8) is 0 Å². The summed E-state index contributed by atoms with van der Waals surface area (Å²) in [7, 11) is 5.44. The lowest BCUT2D eigenvalue weighted by atomic mass is 10.0. The summed E-state index contributed by atoms with van der Waals surface area (Å²) in [4.78, 5) is 14.5.